The summed E-state index contributed by atoms with van der Waals surface area (Å²) in [4.78, 5) is 34.9. The lowest BCUT2D eigenvalue weighted by atomic mass is 10.2. The van der Waals surface area contributed by atoms with Crippen LogP contribution in [0.3, 0.4) is 0 Å². The predicted molar refractivity (Wildman–Crippen MR) is 151 cm³/mol. The van der Waals surface area contributed by atoms with E-state index >= 15 is 0 Å². The summed E-state index contributed by atoms with van der Waals surface area (Å²) in [5, 5.41) is 2.02. The van der Waals surface area contributed by atoms with Gasteiger partial charge in [0.25, 0.3) is 0 Å². The van der Waals surface area contributed by atoms with Crippen molar-refractivity contribution in [2.24, 2.45) is 0 Å². The number of nitrogens with zero attached hydrogens (tertiary/aromatic N) is 3. The van der Waals surface area contributed by atoms with Crippen LogP contribution in [0.2, 0.25) is 0 Å². The first kappa shape index (κ1) is 28.3. The number of rotatable bonds is 12. The molecular formula is C29H34FN3O3S2. The normalized spacial score (nSPS) is 13.8. The molecule has 0 spiro atoms. The van der Waals surface area contributed by atoms with E-state index in [-0.39, 0.29) is 29.9 Å². The van der Waals surface area contributed by atoms with E-state index < -0.39 is 0 Å². The first-order chi connectivity index (χ1) is 18.5. The van der Waals surface area contributed by atoms with Crippen LogP contribution in [0, 0.1) is 12.7 Å². The fraction of sp³-hybridized carbons (Fsp3) is 0.379. The number of aryl methyl sites for hydroxylation is 1. The van der Waals surface area contributed by atoms with Crippen molar-refractivity contribution in [2.45, 2.75) is 24.9 Å². The van der Waals surface area contributed by atoms with Crippen molar-refractivity contribution < 1.29 is 18.7 Å². The Bertz CT molecular complexity index is 1170. The van der Waals surface area contributed by atoms with E-state index in [1.54, 1.807) is 33.3 Å². The van der Waals surface area contributed by atoms with Gasteiger partial charge in [0.15, 0.2) is 0 Å². The second-order valence-corrected chi connectivity index (χ2v) is 11.3. The fourth-order valence-electron chi connectivity index (χ4n) is 4.18. The van der Waals surface area contributed by atoms with Gasteiger partial charge in [0.05, 0.1) is 32.1 Å². The van der Waals surface area contributed by atoms with Crippen molar-refractivity contribution in [3.05, 3.63) is 87.9 Å². The number of benzene rings is 2. The average Bonchev–Trinajstić information content (AvgIpc) is 3.35. The Balaban J connectivity index is 1.47. The molecule has 0 atom stereocenters. The molecule has 1 fully saturated rings. The minimum atomic E-state index is -0.309. The molecule has 2 aromatic carbocycles. The second-order valence-electron chi connectivity index (χ2n) is 9.27. The Morgan fingerprint density at radius 2 is 1.71 bits per heavy atom. The van der Waals surface area contributed by atoms with Gasteiger partial charge in [-0.05, 0) is 53.8 Å². The van der Waals surface area contributed by atoms with Crippen LogP contribution in [0.25, 0.3) is 0 Å². The Kier molecular flexibility index (Phi) is 10.7. The molecule has 202 valence electrons. The van der Waals surface area contributed by atoms with Gasteiger partial charge in [-0.2, -0.15) is 0 Å². The van der Waals surface area contributed by atoms with Crippen molar-refractivity contribution in [1.82, 2.24) is 14.7 Å². The minimum Gasteiger partial charge on any atom is -0.379 e. The first-order valence-electron chi connectivity index (χ1n) is 12.8. The topological polar surface area (TPSA) is 53.1 Å². The van der Waals surface area contributed by atoms with Crippen molar-refractivity contribution in [1.29, 1.82) is 0 Å². The molecule has 1 aliphatic rings. The van der Waals surface area contributed by atoms with Crippen LogP contribution < -0.4 is 0 Å². The zero-order valence-electron chi connectivity index (χ0n) is 21.7. The molecule has 0 bridgehead atoms. The zero-order valence-corrected chi connectivity index (χ0v) is 23.3. The summed E-state index contributed by atoms with van der Waals surface area (Å²) < 4.78 is 19.0. The molecular weight excluding hydrogens is 521 g/mol. The maximum atomic E-state index is 13.7. The molecule has 1 aliphatic heterocycles. The molecule has 4 rings (SSSR count). The molecule has 1 aromatic heterocycles. The number of thioether (sulfide) groups is 1. The summed E-state index contributed by atoms with van der Waals surface area (Å²) in [6.07, 6.45) is 0. The predicted octanol–water partition coefficient (Wildman–Crippen LogP) is 4.68. The molecule has 38 heavy (non-hydrogen) atoms. The Morgan fingerprint density at radius 1 is 0.974 bits per heavy atom. The van der Waals surface area contributed by atoms with Crippen molar-refractivity contribution in [3.63, 3.8) is 0 Å². The van der Waals surface area contributed by atoms with Gasteiger partial charge in [-0.3, -0.25) is 14.5 Å². The van der Waals surface area contributed by atoms with E-state index in [9.17, 15) is 14.0 Å². The van der Waals surface area contributed by atoms with Crippen LogP contribution in [0.15, 0.2) is 70.9 Å². The summed E-state index contributed by atoms with van der Waals surface area (Å²) in [6, 6.07) is 18.1. The molecule has 3 aromatic rings. The first-order valence-corrected chi connectivity index (χ1v) is 14.7. The smallest absolute Gasteiger partial charge is 0.242 e. The number of thiophene rings is 1. The van der Waals surface area contributed by atoms with Gasteiger partial charge in [0.1, 0.15) is 5.82 Å². The van der Waals surface area contributed by atoms with E-state index in [1.165, 1.54) is 23.9 Å². The van der Waals surface area contributed by atoms with Crippen LogP contribution in [-0.2, 0) is 27.4 Å². The lowest BCUT2D eigenvalue weighted by molar-refractivity contribution is -0.140. The third-order valence-electron chi connectivity index (χ3n) is 6.52. The summed E-state index contributed by atoms with van der Waals surface area (Å²) in [7, 11) is 0. The second kappa shape index (κ2) is 14.4. The Labute approximate surface area is 232 Å². The number of carbonyl (C=O) groups excluding carboxylic acids is 2. The molecule has 0 aliphatic carbocycles. The molecule has 9 heteroatoms. The maximum Gasteiger partial charge on any atom is 0.242 e. The molecule has 0 unspecified atom stereocenters. The van der Waals surface area contributed by atoms with Gasteiger partial charge >= 0.3 is 0 Å². The molecule has 0 saturated carbocycles. The van der Waals surface area contributed by atoms with Gasteiger partial charge in [-0.1, -0.05) is 30.3 Å². The lowest BCUT2D eigenvalue weighted by Crippen LogP contribution is -2.47. The highest BCUT2D eigenvalue weighted by molar-refractivity contribution is 8.00. The van der Waals surface area contributed by atoms with E-state index in [0.717, 1.165) is 34.0 Å². The van der Waals surface area contributed by atoms with Gasteiger partial charge in [0.2, 0.25) is 11.8 Å². The highest BCUT2D eigenvalue weighted by Gasteiger charge is 2.24. The monoisotopic (exact) mass is 555 g/mol. The highest BCUT2D eigenvalue weighted by Crippen LogP contribution is 2.21. The molecule has 2 amide bonds. The van der Waals surface area contributed by atoms with Gasteiger partial charge in [-0.25, -0.2) is 4.39 Å². The number of morpholine rings is 1. The van der Waals surface area contributed by atoms with Crippen LogP contribution in [0.5, 0.6) is 0 Å². The lowest BCUT2D eigenvalue weighted by Gasteiger charge is -2.31. The molecule has 1 saturated heterocycles. The third kappa shape index (κ3) is 8.66. The van der Waals surface area contributed by atoms with Crippen molar-refractivity contribution >= 4 is 34.9 Å². The van der Waals surface area contributed by atoms with Crippen LogP contribution >= 0.6 is 23.1 Å². The van der Waals surface area contributed by atoms with Gasteiger partial charge in [-0.15, -0.1) is 23.1 Å². The average molecular weight is 556 g/mol. The number of hydrogen-bond donors (Lipinski definition) is 0. The minimum absolute atomic E-state index is 0.00411. The zero-order chi connectivity index (χ0) is 26.7. The van der Waals surface area contributed by atoms with Crippen LogP contribution in [0.1, 0.15) is 16.0 Å². The molecule has 0 radical (unpaired) electrons. The van der Waals surface area contributed by atoms with E-state index in [4.69, 9.17) is 4.74 Å². The molecule has 0 N–H and O–H groups in total. The number of hydrogen-bond acceptors (Lipinski definition) is 6. The number of amides is 2. The van der Waals surface area contributed by atoms with Crippen molar-refractivity contribution in [3.8, 4) is 0 Å². The number of halogens is 1. The maximum absolute atomic E-state index is 13.7. The fourth-order valence-corrected chi connectivity index (χ4v) is 5.92. The SMILES string of the molecule is Cc1ccsc1CN(Cc1ccc(F)cc1)C(=O)CN(CCN1CCOCC1)C(=O)CSc1ccccc1. The number of ether oxygens (including phenoxy) is 1. The summed E-state index contributed by atoms with van der Waals surface area (Å²) in [6.45, 7) is 7.01. The van der Waals surface area contributed by atoms with E-state index in [2.05, 4.69) is 4.90 Å². The Hall–Kier alpha value is -2.72. The quantitative estimate of drug-likeness (QED) is 0.304. The third-order valence-corrected chi connectivity index (χ3v) is 8.52. The molecule has 2 heterocycles. The van der Waals surface area contributed by atoms with Gasteiger partial charge in [0, 0.05) is 42.5 Å². The van der Waals surface area contributed by atoms with Crippen molar-refractivity contribution in [2.75, 3.05) is 51.7 Å². The van der Waals surface area contributed by atoms with Crippen LogP contribution in [0.4, 0.5) is 4.39 Å². The summed E-state index contributed by atoms with van der Waals surface area (Å²) in [5.41, 5.74) is 1.98. The summed E-state index contributed by atoms with van der Waals surface area (Å²) >= 11 is 3.09. The van der Waals surface area contributed by atoms with Gasteiger partial charge < -0.3 is 14.5 Å². The summed E-state index contributed by atoms with van der Waals surface area (Å²) in [5.74, 6) is -0.226. The molecule has 6 nitrogen and oxygen atoms in total. The van der Waals surface area contributed by atoms with Crippen LogP contribution in [-0.4, -0.2) is 78.2 Å². The van der Waals surface area contributed by atoms with E-state index in [1.807, 2.05) is 48.7 Å². The largest absolute Gasteiger partial charge is 0.379 e. The number of carbonyl (C=O) groups is 2. The standard InChI is InChI=1S/C29H34FN3O3S2/c1-23-11-18-37-27(23)20-33(19-24-7-9-25(30)10-8-24)28(34)21-32(13-12-31-14-16-36-17-15-31)29(35)22-38-26-5-3-2-4-6-26/h2-11,18H,12-17,19-22H2,1H3. The van der Waals surface area contributed by atoms with E-state index in [0.29, 0.717) is 39.4 Å². The Morgan fingerprint density at radius 3 is 2.39 bits per heavy atom. The highest BCUT2D eigenvalue weighted by atomic mass is 32.2.